The number of carbonyl (C=O) groups is 1. The number of piperazine rings is 1. The maximum absolute atomic E-state index is 12.3. The Morgan fingerprint density at radius 1 is 1.00 bits per heavy atom. The van der Waals surface area contributed by atoms with Crippen molar-refractivity contribution in [1.82, 2.24) is 4.90 Å². The van der Waals surface area contributed by atoms with Gasteiger partial charge in [-0.05, 0) is 35.9 Å². The summed E-state index contributed by atoms with van der Waals surface area (Å²) >= 11 is 5.85. The molecule has 1 fully saturated rings. The van der Waals surface area contributed by atoms with Gasteiger partial charge in [-0.25, -0.2) is 0 Å². The number of non-ortho nitro benzene ring substituents is 1. The predicted octanol–water partition coefficient (Wildman–Crippen LogP) is 3.61. The van der Waals surface area contributed by atoms with Crippen molar-refractivity contribution in [2.24, 2.45) is 0 Å². The molecule has 0 aromatic heterocycles. The highest BCUT2D eigenvalue weighted by atomic mass is 35.5. The first kappa shape index (κ1) is 17.9. The van der Waals surface area contributed by atoms with Crippen LogP contribution < -0.4 is 4.90 Å². The van der Waals surface area contributed by atoms with Crippen LogP contribution in [0.25, 0.3) is 6.08 Å². The Bertz CT molecular complexity index is 811. The van der Waals surface area contributed by atoms with Gasteiger partial charge in [-0.3, -0.25) is 14.9 Å². The topological polar surface area (TPSA) is 66.7 Å². The van der Waals surface area contributed by atoms with E-state index >= 15 is 0 Å². The molecule has 2 aromatic carbocycles. The predicted molar refractivity (Wildman–Crippen MR) is 102 cm³/mol. The number of nitro benzene ring substituents is 1. The molecule has 0 N–H and O–H groups in total. The number of rotatable bonds is 4. The number of nitrogens with zero attached hydrogens (tertiary/aromatic N) is 3. The second-order valence-electron chi connectivity index (χ2n) is 5.97. The third-order valence-corrected chi connectivity index (χ3v) is 4.56. The number of carbonyl (C=O) groups excluding carboxylic acids is 1. The number of nitro groups is 1. The zero-order chi connectivity index (χ0) is 18.5. The lowest BCUT2D eigenvalue weighted by Gasteiger charge is -2.35. The maximum Gasteiger partial charge on any atom is 0.269 e. The zero-order valence-electron chi connectivity index (χ0n) is 14.0. The fourth-order valence-corrected chi connectivity index (χ4v) is 2.94. The molecule has 1 heterocycles. The highest BCUT2D eigenvalue weighted by Crippen LogP contribution is 2.20. The maximum atomic E-state index is 12.3. The van der Waals surface area contributed by atoms with Crippen molar-refractivity contribution < 1.29 is 9.72 Å². The van der Waals surface area contributed by atoms with Crippen LogP contribution in [-0.4, -0.2) is 41.9 Å². The van der Waals surface area contributed by atoms with Crippen molar-refractivity contribution in [2.75, 3.05) is 31.1 Å². The Morgan fingerprint density at radius 3 is 2.19 bits per heavy atom. The van der Waals surface area contributed by atoms with Crippen LogP contribution in [0.3, 0.4) is 0 Å². The van der Waals surface area contributed by atoms with Crippen LogP contribution in [-0.2, 0) is 4.79 Å². The van der Waals surface area contributed by atoms with Gasteiger partial charge in [0.15, 0.2) is 0 Å². The van der Waals surface area contributed by atoms with E-state index in [2.05, 4.69) is 4.90 Å². The second-order valence-corrected chi connectivity index (χ2v) is 6.41. The molecule has 0 saturated carbocycles. The normalized spacial score (nSPS) is 14.7. The smallest absolute Gasteiger partial charge is 0.269 e. The lowest BCUT2D eigenvalue weighted by Crippen LogP contribution is -2.48. The lowest BCUT2D eigenvalue weighted by molar-refractivity contribution is -0.384. The molecule has 1 saturated heterocycles. The van der Waals surface area contributed by atoms with Crippen LogP contribution in [0.15, 0.2) is 54.6 Å². The molecule has 1 aliphatic rings. The molecule has 0 spiro atoms. The standard InChI is InChI=1S/C19H18ClN3O3/c20-16-4-1-15(2-5-16)3-10-19(24)22-13-11-21(12-14-22)17-6-8-18(9-7-17)23(25)26/h1-10H,11-14H2. The molecule has 0 bridgehead atoms. The minimum atomic E-state index is -0.409. The molecule has 0 unspecified atom stereocenters. The summed E-state index contributed by atoms with van der Waals surface area (Å²) in [6.07, 6.45) is 3.35. The van der Waals surface area contributed by atoms with E-state index in [-0.39, 0.29) is 11.6 Å². The number of amides is 1. The molecule has 0 atom stereocenters. The monoisotopic (exact) mass is 371 g/mol. The van der Waals surface area contributed by atoms with Crippen LogP contribution >= 0.6 is 11.6 Å². The summed E-state index contributed by atoms with van der Waals surface area (Å²) in [5, 5.41) is 11.4. The molecule has 2 aromatic rings. The molecule has 26 heavy (non-hydrogen) atoms. The van der Waals surface area contributed by atoms with E-state index in [0.29, 0.717) is 31.2 Å². The SMILES string of the molecule is O=C(C=Cc1ccc(Cl)cc1)N1CCN(c2ccc([N+](=O)[O-])cc2)CC1. The van der Waals surface area contributed by atoms with Gasteiger partial charge < -0.3 is 9.80 Å². The Hall–Kier alpha value is -2.86. The van der Waals surface area contributed by atoms with E-state index in [9.17, 15) is 14.9 Å². The van der Waals surface area contributed by atoms with Gasteiger partial charge in [-0.15, -0.1) is 0 Å². The number of benzene rings is 2. The number of hydrogen-bond donors (Lipinski definition) is 0. The quantitative estimate of drug-likeness (QED) is 0.468. The summed E-state index contributed by atoms with van der Waals surface area (Å²) in [6.45, 7) is 2.61. The van der Waals surface area contributed by atoms with Gasteiger partial charge in [-0.2, -0.15) is 0 Å². The van der Waals surface area contributed by atoms with E-state index in [0.717, 1.165) is 11.3 Å². The van der Waals surface area contributed by atoms with Gasteiger partial charge in [0.05, 0.1) is 4.92 Å². The summed E-state index contributed by atoms with van der Waals surface area (Å²) in [5.41, 5.74) is 1.93. The summed E-state index contributed by atoms with van der Waals surface area (Å²) in [7, 11) is 0. The van der Waals surface area contributed by atoms with Crippen LogP contribution in [0.2, 0.25) is 5.02 Å². The fourth-order valence-electron chi connectivity index (χ4n) is 2.82. The van der Waals surface area contributed by atoms with E-state index in [1.54, 1.807) is 41.3 Å². The minimum absolute atomic E-state index is 0.0247. The number of hydrogen-bond acceptors (Lipinski definition) is 4. The summed E-state index contributed by atoms with van der Waals surface area (Å²) < 4.78 is 0. The summed E-state index contributed by atoms with van der Waals surface area (Å²) in [5.74, 6) is -0.0247. The largest absolute Gasteiger partial charge is 0.368 e. The average molecular weight is 372 g/mol. The molecule has 6 nitrogen and oxygen atoms in total. The average Bonchev–Trinajstić information content (AvgIpc) is 2.67. The van der Waals surface area contributed by atoms with E-state index in [4.69, 9.17) is 11.6 Å². The van der Waals surface area contributed by atoms with Gasteiger partial charge in [0.25, 0.3) is 5.69 Å². The van der Waals surface area contributed by atoms with Crippen molar-refractivity contribution in [2.45, 2.75) is 0 Å². The first-order chi connectivity index (χ1) is 12.5. The Morgan fingerprint density at radius 2 is 1.62 bits per heavy atom. The molecular weight excluding hydrogens is 354 g/mol. The molecular formula is C19H18ClN3O3. The van der Waals surface area contributed by atoms with Crippen LogP contribution in [0.4, 0.5) is 11.4 Å². The molecule has 7 heteroatoms. The first-order valence-electron chi connectivity index (χ1n) is 8.25. The van der Waals surface area contributed by atoms with Crippen LogP contribution in [0, 0.1) is 10.1 Å². The second kappa shape index (κ2) is 8.01. The molecule has 0 radical (unpaired) electrons. The van der Waals surface area contributed by atoms with Gasteiger partial charge in [0.1, 0.15) is 0 Å². The highest BCUT2D eigenvalue weighted by Gasteiger charge is 2.20. The third-order valence-electron chi connectivity index (χ3n) is 4.31. The van der Waals surface area contributed by atoms with Crippen molar-refractivity contribution in [3.05, 3.63) is 75.3 Å². The Labute approximate surface area is 156 Å². The zero-order valence-corrected chi connectivity index (χ0v) is 14.8. The molecule has 3 rings (SSSR count). The fraction of sp³-hybridized carbons (Fsp3) is 0.211. The van der Waals surface area contributed by atoms with Crippen molar-refractivity contribution in [3.8, 4) is 0 Å². The Balaban J connectivity index is 1.55. The van der Waals surface area contributed by atoms with Gasteiger partial charge >= 0.3 is 0 Å². The van der Waals surface area contributed by atoms with Crippen molar-refractivity contribution in [3.63, 3.8) is 0 Å². The van der Waals surface area contributed by atoms with Gasteiger partial charge in [0.2, 0.25) is 5.91 Å². The summed E-state index contributed by atoms with van der Waals surface area (Å²) in [6, 6.07) is 13.8. The molecule has 1 aliphatic heterocycles. The number of anilines is 1. The first-order valence-corrected chi connectivity index (χ1v) is 8.63. The van der Waals surface area contributed by atoms with Crippen molar-refractivity contribution in [1.29, 1.82) is 0 Å². The third kappa shape index (κ3) is 4.40. The molecule has 1 amide bonds. The van der Waals surface area contributed by atoms with Crippen LogP contribution in [0.5, 0.6) is 0 Å². The van der Waals surface area contributed by atoms with E-state index in [1.165, 1.54) is 12.1 Å². The molecule has 0 aliphatic carbocycles. The number of halogens is 1. The van der Waals surface area contributed by atoms with Gasteiger partial charge in [-0.1, -0.05) is 23.7 Å². The van der Waals surface area contributed by atoms with Crippen molar-refractivity contribution >= 4 is 35.0 Å². The Kier molecular flexibility index (Phi) is 5.53. The lowest BCUT2D eigenvalue weighted by atomic mass is 10.2. The van der Waals surface area contributed by atoms with E-state index < -0.39 is 4.92 Å². The highest BCUT2D eigenvalue weighted by molar-refractivity contribution is 6.30. The minimum Gasteiger partial charge on any atom is -0.368 e. The summed E-state index contributed by atoms with van der Waals surface area (Å²) in [4.78, 5) is 26.6. The molecule has 134 valence electrons. The van der Waals surface area contributed by atoms with Crippen LogP contribution in [0.1, 0.15) is 5.56 Å². The van der Waals surface area contributed by atoms with Gasteiger partial charge in [0, 0.05) is 55.1 Å². The van der Waals surface area contributed by atoms with E-state index in [1.807, 2.05) is 12.1 Å².